The molecule has 1 aromatic carbocycles. The van der Waals surface area contributed by atoms with Gasteiger partial charge in [-0.3, -0.25) is 9.59 Å². The molecule has 0 atom stereocenters. The van der Waals surface area contributed by atoms with Crippen molar-refractivity contribution in [2.24, 2.45) is 5.10 Å². The van der Waals surface area contributed by atoms with Crippen LogP contribution in [0.2, 0.25) is 10.0 Å². The zero-order chi connectivity index (χ0) is 25.1. The molecule has 0 aliphatic heterocycles. The minimum Gasteiger partial charge on any atom is -0.506 e. The van der Waals surface area contributed by atoms with Crippen LogP contribution in [0.25, 0.3) is 10.4 Å². The first kappa shape index (κ1) is 24.9. The second kappa shape index (κ2) is 10.6. The number of carbonyl (C=O) groups excluding carboxylic acids is 2. The van der Waals surface area contributed by atoms with Crippen LogP contribution in [0.5, 0.6) is 5.75 Å². The molecule has 2 amide bonds. The number of nitrogens with one attached hydrogen (secondary N) is 2. The zero-order valence-electron chi connectivity index (χ0n) is 18.4. The van der Waals surface area contributed by atoms with Crippen LogP contribution in [-0.4, -0.2) is 27.8 Å². The second-order valence-electron chi connectivity index (χ2n) is 7.37. The maximum absolute atomic E-state index is 12.5. The largest absolute Gasteiger partial charge is 0.506 e. The number of hydrazone groups is 1. The molecule has 35 heavy (non-hydrogen) atoms. The predicted molar refractivity (Wildman–Crippen MR) is 138 cm³/mol. The Balaban J connectivity index is 1.40. The lowest BCUT2D eigenvalue weighted by Gasteiger charge is -2.04. The third-order valence-electron chi connectivity index (χ3n) is 4.82. The van der Waals surface area contributed by atoms with Crippen molar-refractivity contribution in [1.29, 1.82) is 0 Å². The number of rotatable bonds is 7. The molecule has 0 spiro atoms. The number of carbonyl (C=O) groups is 2. The standard InChI is InChI=1S/C23H18Cl2N4O4S2/c1-11-7-14(29-33-11)9-26-22(31)18-5-6-19(35-18)23(32)28-27-12(2)15-10-34-21(20(15)30)13-3-4-16(24)17(25)8-13/h3-8,10,30H,9H2,1-2H3,(H,26,31)(H,28,32)/b27-12+. The van der Waals surface area contributed by atoms with Crippen molar-refractivity contribution >= 4 is 63.4 Å². The summed E-state index contributed by atoms with van der Waals surface area (Å²) in [5.41, 5.74) is 4.68. The molecule has 3 heterocycles. The van der Waals surface area contributed by atoms with Gasteiger partial charge in [0.05, 0.1) is 42.5 Å². The summed E-state index contributed by atoms with van der Waals surface area (Å²) in [6.45, 7) is 3.65. The first-order chi connectivity index (χ1) is 16.7. The topological polar surface area (TPSA) is 117 Å². The lowest BCUT2D eigenvalue weighted by molar-refractivity contribution is 0.0949. The van der Waals surface area contributed by atoms with Crippen LogP contribution in [0, 0.1) is 6.92 Å². The molecule has 180 valence electrons. The Morgan fingerprint density at radius 2 is 1.86 bits per heavy atom. The molecular formula is C23H18Cl2N4O4S2. The fourth-order valence-corrected chi connectivity index (χ4v) is 5.15. The van der Waals surface area contributed by atoms with Gasteiger partial charge in [-0.15, -0.1) is 22.7 Å². The number of hydrogen-bond acceptors (Lipinski definition) is 8. The summed E-state index contributed by atoms with van der Waals surface area (Å²) in [6.07, 6.45) is 0. The van der Waals surface area contributed by atoms with Gasteiger partial charge in [-0.05, 0) is 43.7 Å². The molecule has 4 rings (SSSR count). The molecule has 0 aliphatic carbocycles. The van der Waals surface area contributed by atoms with E-state index in [0.29, 0.717) is 53.0 Å². The summed E-state index contributed by atoms with van der Waals surface area (Å²) in [5, 5.41) is 23.9. The summed E-state index contributed by atoms with van der Waals surface area (Å²) < 4.78 is 4.97. The summed E-state index contributed by atoms with van der Waals surface area (Å²) in [4.78, 5) is 26.2. The van der Waals surface area contributed by atoms with Crippen LogP contribution >= 0.6 is 45.9 Å². The van der Waals surface area contributed by atoms with Crippen LogP contribution in [0.4, 0.5) is 0 Å². The summed E-state index contributed by atoms with van der Waals surface area (Å²) in [7, 11) is 0. The Kier molecular flexibility index (Phi) is 7.56. The fourth-order valence-electron chi connectivity index (χ4n) is 3.04. The second-order valence-corrected chi connectivity index (χ2v) is 10.1. The van der Waals surface area contributed by atoms with E-state index in [2.05, 4.69) is 21.0 Å². The minimum absolute atomic E-state index is 0.0290. The highest BCUT2D eigenvalue weighted by molar-refractivity contribution is 7.16. The molecule has 0 radical (unpaired) electrons. The SMILES string of the molecule is C/C(=N\NC(=O)c1ccc(C(=O)NCc2cc(C)on2)s1)c1csc(-c2ccc(Cl)c(Cl)c2)c1O. The highest BCUT2D eigenvalue weighted by Gasteiger charge is 2.17. The molecule has 0 fully saturated rings. The number of hydrogen-bond donors (Lipinski definition) is 3. The molecule has 3 N–H and O–H groups in total. The number of amides is 2. The Bertz CT molecular complexity index is 1440. The summed E-state index contributed by atoms with van der Waals surface area (Å²) in [6, 6.07) is 9.93. The highest BCUT2D eigenvalue weighted by Crippen LogP contribution is 2.40. The van der Waals surface area contributed by atoms with Crippen LogP contribution in [0.3, 0.4) is 0 Å². The molecule has 8 nitrogen and oxygen atoms in total. The van der Waals surface area contributed by atoms with Gasteiger partial charge in [-0.1, -0.05) is 34.4 Å². The van der Waals surface area contributed by atoms with E-state index >= 15 is 0 Å². The van der Waals surface area contributed by atoms with Crippen LogP contribution < -0.4 is 10.7 Å². The van der Waals surface area contributed by atoms with Crippen molar-refractivity contribution in [2.75, 3.05) is 0 Å². The van der Waals surface area contributed by atoms with E-state index in [4.69, 9.17) is 27.7 Å². The Morgan fingerprint density at radius 1 is 1.11 bits per heavy atom. The smallest absolute Gasteiger partial charge is 0.281 e. The van der Waals surface area contributed by atoms with Crippen molar-refractivity contribution in [2.45, 2.75) is 20.4 Å². The van der Waals surface area contributed by atoms with Gasteiger partial charge in [0.25, 0.3) is 11.8 Å². The Labute approximate surface area is 218 Å². The quantitative estimate of drug-likeness (QED) is 0.197. The number of thiophene rings is 2. The van der Waals surface area contributed by atoms with Gasteiger partial charge in [0.1, 0.15) is 17.2 Å². The van der Waals surface area contributed by atoms with Gasteiger partial charge in [0.2, 0.25) is 0 Å². The van der Waals surface area contributed by atoms with E-state index in [1.165, 1.54) is 11.3 Å². The number of benzene rings is 1. The number of halogens is 2. The van der Waals surface area contributed by atoms with Gasteiger partial charge in [0.15, 0.2) is 0 Å². The molecular weight excluding hydrogens is 531 g/mol. The lowest BCUT2D eigenvalue weighted by atomic mass is 10.1. The number of aromatic nitrogens is 1. The molecule has 4 aromatic rings. The van der Waals surface area contributed by atoms with Crippen LogP contribution in [0.15, 0.2) is 51.4 Å². The summed E-state index contributed by atoms with van der Waals surface area (Å²) >= 11 is 14.4. The highest BCUT2D eigenvalue weighted by atomic mass is 35.5. The Morgan fingerprint density at radius 3 is 2.54 bits per heavy atom. The van der Waals surface area contributed by atoms with E-state index in [1.54, 1.807) is 55.6 Å². The van der Waals surface area contributed by atoms with Gasteiger partial charge in [-0.25, -0.2) is 5.43 Å². The predicted octanol–water partition coefficient (Wildman–Crippen LogP) is 5.87. The third-order valence-corrected chi connectivity index (χ3v) is 7.66. The van der Waals surface area contributed by atoms with Gasteiger partial charge in [0, 0.05) is 11.4 Å². The normalized spacial score (nSPS) is 11.5. The molecule has 12 heteroatoms. The average Bonchev–Trinajstić information content (AvgIpc) is 3.57. The molecule has 0 unspecified atom stereocenters. The number of aromatic hydroxyl groups is 1. The molecule has 0 saturated heterocycles. The molecule has 0 bridgehead atoms. The van der Waals surface area contributed by atoms with Crippen LogP contribution in [-0.2, 0) is 6.54 Å². The zero-order valence-corrected chi connectivity index (χ0v) is 21.5. The molecule has 3 aromatic heterocycles. The minimum atomic E-state index is -0.472. The number of nitrogens with zero attached hydrogens (tertiary/aromatic N) is 2. The van der Waals surface area contributed by atoms with Gasteiger partial charge >= 0.3 is 0 Å². The van der Waals surface area contributed by atoms with E-state index in [1.807, 2.05) is 0 Å². The third kappa shape index (κ3) is 5.73. The molecule has 0 saturated carbocycles. The van der Waals surface area contributed by atoms with Crippen molar-refractivity contribution in [1.82, 2.24) is 15.9 Å². The lowest BCUT2D eigenvalue weighted by Crippen LogP contribution is -2.22. The van der Waals surface area contributed by atoms with Crippen molar-refractivity contribution < 1.29 is 19.2 Å². The van der Waals surface area contributed by atoms with Crippen LogP contribution in [0.1, 0.15) is 43.3 Å². The maximum atomic E-state index is 12.5. The maximum Gasteiger partial charge on any atom is 0.281 e. The fraction of sp³-hybridized carbons (Fsp3) is 0.130. The van der Waals surface area contributed by atoms with Gasteiger partial charge < -0.3 is 14.9 Å². The van der Waals surface area contributed by atoms with Crippen molar-refractivity contribution in [3.63, 3.8) is 0 Å². The van der Waals surface area contributed by atoms with E-state index in [9.17, 15) is 14.7 Å². The first-order valence-corrected chi connectivity index (χ1v) is 12.6. The van der Waals surface area contributed by atoms with Crippen molar-refractivity contribution in [3.05, 3.63) is 78.6 Å². The monoisotopic (exact) mass is 548 g/mol. The van der Waals surface area contributed by atoms with E-state index in [0.717, 1.165) is 11.3 Å². The molecule has 0 aliphatic rings. The van der Waals surface area contributed by atoms with E-state index < -0.39 is 5.91 Å². The average molecular weight is 549 g/mol. The number of aryl methyl sites for hydroxylation is 1. The first-order valence-electron chi connectivity index (χ1n) is 10.1. The Hall–Kier alpha value is -3.18. The van der Waals surface area contributed by atoms with Gasteiger partial charge in [-0.2, -0.15) is 5.10 Å². The van der Waals surface area contributed by atoms with E-state index in [-0.39, 0.29) is 18.2 Å². The summed E-state index contributed by atoms with van der Waals surface area (Å²) in [5.74, 6) is -0.116. The van der Waals surface area contributed by atoms with Crippen molar-refractivity contribution in [3.8, 4) is 16.2 Å².